The second-order valence-corrected chi connectivity index (χ2v) is 4.94. The second kappa shape index (κ2) is 7.14. The zero-order chi connectivity index (χ0) is 15.2. The van der Waals surface area contributed by atoms with Gasteiger partial charge < -0.3 is 20.3 Å². The van der Waals surface area contributed by atoms with Crippen LogP contribution in [0.3, 0.4) is 0 Å². The van der Waals surface area contributed by atoms with E-state index in [1.54, 1.807) is 12.1 Å². The molecule has 0 bridgehead atoms. The van der Waals surface area contributed by atoms with Gasteiger partial charge in [0.15, 0.2) is 0 Å². The molecule has 0 radical (unpaired) electrons. The molecule has 1 rings (SSSR count). The van der Waals surface area contributed by atoms with E-state index >= 15 is 0 Å². The fraction of sp³-hybridized carbons (Fsp3) is 0.533. The van der Waals surface area contributed by atoms with Gasteiger partial charge in [-0.1, -0.05) is 13.8 Å². The monoisotopic (exact) mass is 281 g/mol. The Balaban J connectivity index is 2.98. The minimum Gasteiger partial charge on any atom is -0.497 e. The summed E-state index contributed by atoms with van der Waals surface area (Å²) in [4.78, 5) is 11.2. The van der Waals surface area contributed by atoms with Crippen LogP contribution < -0.4 is 10.1 Å². The van der Waals surface area contributed by atoms with Crippen molar-refractivity contribution in [2.45, 2.75) is 26.7 Å². The first-order chi connectivity index (χ1) is 9.51. The molecule has 5 nitrogen and oxygen atoms in total. The third-order valence-electron chi connectivity index (χ3n) is 3.95. The molecule has 20 heavy (non-hydrogen) atoms. The third-order valence-corrected chi connectivity index (χ3v) is 3.95. The van der Waals surface area contributed by atoms with Crippen molar-refractivity contribution in [3.05, 3.63) is 23.8 Å². The summed E-state index contributed by atoms with van der Waals surface area (Å²) in [6.07, 6.45) is 1.64. The highest BCUT2D eigenvalue weighted by Crippen LogP contribution is 2.28. The van der Waals surface area contributed by atoms with E-state index in [1.807, 2.05) is 13.8 Å². The molecule has 0 atom stereocenters. The van der Waals surface area contributed by atoms with Gasteiger partial charge >= 0.3 is 5.97 Å². The standard InChI is InChI=1S/C15H23NO4/c1-4-15(5-2,10-17)9-16-13-8-11(20-3)6-7-12(13)14(18)19/h6-8,16-17H,4-5,9-10H2,1-3H3,(H,18,19). The van der Waals surface area contributed by atoms with Gasteiger partial charge in [0.2, 0.25) is 0 Å². The molecule has 5 heteroatoms. The predicted octanol–water partition coefficient (Wildman–Crippen LogP) is 2.60. The van der Waals surface area contributed by atoms with Gasteiger partial charge in [-0.3, -0.25) is 0 Å². The van der Waals surface area contributed by atoms with Crippen LogP contribution in [0, 0.1) is 5.41 Å². The maximum Gasteiger partial charge on any atom is 0.337 e. The molecule has 0 aliphatic rings. The highest BCUT2D eigenvalue weighted by atomic mass is 16.5. The minimum absolute atomic E-state index is 0.0688. The predicted molar refractivity (Wildman–Crippen MR) is 78.5 cm³/mol. The largest absolute Gasteiger partial charge is 0.497 e. The second-order valence-electron chi connectivity index (χ2n) is 4.94. The zero-order valence-corrected chi connectivity index (χ0v) is 12.3. The van der Waals surface area contributed by atoms with E-state index in [1.165, 1.54) is 13.2 Å². The van der Waals surface area contributed by atoms with E-state index in [9.17, 15) is 15.0 Å². The Morgan fingerprint density at radius 2 is 2.00 bits per heavy atom. The van der Waals surface area contributed by atoms with Crippen molar-refractivity contribution in [2.75, 3.05) is 25.6 Å². The topological polar surface area (TPSA) is 78.8 Å². The van der Waals surface area contributed by atoms with Crippen LogP contribution in [0.1, 0.15) is 37.0 Å². The number of carboxylic acid groups (broad SMARTS) is 1. The lowest BCUT2D eigenvalue weighted by atomic mass is 9.83. The number of aliphatic hydroxyl groups excluding tert-OH is 1. The van der Waals surface area contributed by atoms with E-state index in [2.05, 4.69) is 5.32 Å². The molecule has 0 aromatic heterocycles. The molecule has 112 valence electrons. The van der Waals surface area contributed by atoms with Crippen molar-refractivity contribution in [3.8, 4) is 5.75 Å². The number of anilines is 1. The molecule has 1 aromatic carbocycles. The van der Waals surface area contributed by atoms with Crippen LogP contribution in [0.2, 0.25) is 0 Å². The smallest absolute Gasteiger partial charge is 0.337 e. The summed E-state index contributed by atoms with van der Waals surface area (Å²) in [6.45, 7) is 4.62. The lowest BCUT2D eigenvalue weighted by Crippen LogP contribution is -2.32. The first-order valence-corrected chi connectivity index (χ1v) is 6.78. The van der Waals surface area contributed by atoms with Crippen molar-refractivity contribution >= 4 is 11.7 Å². The molecule has 0 fully saturated rings. The number of nitrogens with one attached hydrogen (secondary N) is 1. The van der Waals surface area contributed by atoms with E-state index in [0.29, 0.717) is 18.0 Å². The average Bonchev–Trinajstić information content (AvgIpc) is 2.48. The van der Waals surface area contributed by atoms with Crippen molar-refractivity contribution in [1.29, 1.82) is 0 Å². The maximum absolute atomic E-state index is 11.2. The minimum atomic E-state index is -0.988. The molecule has 0 saturated carbocycles. The first kappa shape index (κ1) is 16.3. The molecule has 0 saturated heterocycles. The summed E-state index contributed by atoms with van der Waals surface area (Å²) in [5.41, 5.74) is 0.472. The molecule has 1 aromatic rings. The molecular formula is C15H23NO4. The number of rotatable bonds is 8. The molecule has 0 unspecified atom stereocenters. The van der Waals surface area contributed by atoms with E-state index in [4.69, 9.17) is 4.74 Å². The van der Waals surface area contributed by atoms with E-state index < -0.39 is 5.97 Å². The van der Waals surface area contributed by atoms with Crippen molar-refractivity contribution in [1.82, 2.24) is 0 Å². The summed E-state index contributed by atoms with van der Waals surface area (Å²) < 4.78 is 5.12. The number of methoxy groups -OCH3 is 1. The molecule has 0 amide bonds. The van der Waals surface area contributed by atoms with Crippen LogP contribution in [0.5, 0.6) is 5.75 Å². The number of carbonyl (C=O) groups is 1. The van der Waals surface area contributed by atoms with Gasteiger partial charge in [-0.25, -0.2) is 4.79 Å². The first-order valence-electron chi connectivity index (χ1n) is 6.78. The maximum atomic E-state index is 11.2. The van der Waals surface area contributed by atoms with Gasteiger partial charge in [0, 0.05) is 18.0 Å². The Morgan fingerprint density at radius 3 is 2.45 bits per heavy atom. The Morgan fingerprint density at radius 1 is 1.35 bits per heavy atom. The third kappa shape index (κ3) is 3.63. The van der Waals surface area contributed by atoms with E-state index in [-0.39, 0.29) is 17.6 Å². The Bertz CT molecular complexity index is 447. The van der Waals surface area contributed by atoms with Crippen molar-refractivity contribution < 1.29 is 19.7 Å². The van der Waals surface area contributed by atoms with Crippen LogP contribution in [0.4, 0.5) is 5.69 Å². The molecular weight excluding hydrogens is 258 g/mol. The highest BCUT2D eigenvalue weighted by molar-refractivity contribution is 5.94. The summed E-state index contributed by atoms with van der Waals surface area (Å²) in [5, 5.41) is 21.9. The molecule has 0 aliphatic heterocycles. The number of hydrogen-bond acceptors (Lipinski definition) is 4. The number of carboxylic acids is 1. The number of ether oxygens (including phenoxy) is 1. The number of hydrogen-bond donors (Lipinski definition) is 3. The number of benzene rings is 1. The lowest BCUT2D eigenvalue weighted by Gasteiger charge is -2.30. The number of aromatic carboxylic acids is 1. The molecule has 0 aliphatic carbocycles. The molecule has 0 spiro atoms. The van der Waals surface area contributed by atoms with Crippen LogP contribution in [0.15, 0.2) is 18.2 Å². The van der Waals surface area contributed by atoms with Gasteiger partial charge in [-0.05, 0) is 25.0 Å². The fourth-order valence-electron chi connectivity index (χ4n) is 2.05. The van der Waals surface area contributed by atoms with Crippen LogP contribution in [-0.2, 0) is 0 Å². The quantitative estimate of drug-likeness (QED) is 0.682. The summed E-state index contributed by atoms with van der Waals surface area (Å²) in [6, 6.07) is 4.80. The van der Waals surface area contributed by atoms with Gasteiger partial charge in [0.25, 0.3) is 0 Å². The van der Waals surface area contributed by atoms with Crippen molar-refractivity contribution in [2.24, 2.45) is 5.41 Å². The van der Waals surface area contributed by atoms with Gasteiger partial charge in [0.05, 0.1) is 25.0 Å². The molecule has 0 heterocycles. The van der Waals surface area contributed by atoms with E-state index in [0.717, 1.165) is 12.8 Å². The van der Waals surface area contributed by atoms with Crippen LogP contribution >= 0.6 is 0 Å². The van der Waals surface area contributed by atoms with Gasteiger partial charge in [-0.15, -0.1) is 0 Å². The lowest BCUT2D eigenvalue weighted by molar-refractivity contribution is 0.0697. The zero-order valence-electron chi connectivity index (χ0n) is 12.3. The summed E-state index contributed by atoms with van der Waals surface area (Å²) >= 11 is 0. The Hall–Kier alpha value is -1.75. The summed E-state index contributed by atoms with van der Waals surface area (Å²) in [5.74, 6) is -0.391. The highest BCUT2D eigenvalue weighted by Gasteiger charge is 2.25. The fourth-order valence-corrected chi connectivity index (χ4v) is 2.05. The summed E-state index contributed by atoms with van der Waals surface area (Å²) in [7, 11) is 1.54. The Labute approximate surface area is 119 Å². The number of aliphatic hydroxyl groups is 1. The molecule has 3 N–H and O–H groups in total. The Kier molecular flexibility index (Phi) is 5.82. The SMILES string of the molecule is CCC(CC)(CO)CNc1cc(OC)ccc1C(=O)O. The van der Waals surface area contributed by atoms with Crippen LogP contribution in [-0.4, -0.2) is 36.4 Å². The normalized spacial score (nSPS) is 11.2. The van der Waals surface area contributed by atoms with Gasteiger partial charge in [-0.2, -0.15) is 0 Å². The van der Waals surface area contributed by atoms with Gasteiger partial charge in [0.1, 0.15) is 5.75 Å². The average molecular weight is 281 g/mol. The van der Waals surface area contributed by atoms with Crippen molar-refractivity contribution in [3.63, 3.8) is 0 Å². The van der Waals surface area contributed by atoms with Crippen LogP contribution in [0.25, 0.3) is 0 Å².